The van der Waals surface area contributed by atoms with E-state index in [2.05, 4.69) is 0 Å². The number of carbonyl (C=O) groups is 1. The summed E-state index contributed by atoms with van der Waals surface area (Å²) in [5, 5.41) is 0. The monoisotopic (exact) mass is 460 g/mol. The Morgan fingerprint density at radius 2 is 1.62 bits per heavy atom. The lowest BCUT2D eigenvalue weighted by Crippen LogP contribution is -2.43. The van der Waals surface area contributed by atoms with E-state index >= 15 is 0 Å². The molecule has 4 rings (SSSR count). The van der Waals surface area contributed by atoms with Gasteiger partial charge in [0, 0.05) is 50.1 Å². The average Bonchev–Trinajstić information content (AvgIpc) is 3.27. The lowest BCUT2D eigenvalue weighted by Gasteiger charge is -2.32. The minimum Gasteiger partial charge on any atom is -0.490 e. The Bertz CT molecular complexity index is 1110. The number of likely N-dealkylation sites (tertiary alicyclic amines) is 1. The van der Waals surface area contributed by atoms with Crippen molar-refractivity contribution in [1.29, 1.82) is 0 Å². The first-order valence-corrected chi connectivity index (χ1v) is 12.8. The summed E-state index contributed by atoms with van der Waals surface area (Å²) in [5.41, 5.74) is 0.301. The molecule has 0 N–H and O–H groups in total. The van der Waals surface area contributed by atoms with Crippen LogP contribution >= 0.6 is 0 Å². The highest BCUT2D eigenvalue weighted by molar-refractivity contribution is 7.90. The number of hydrogen-bond acceptors (Lipinski definition) is 6. The maximum absolute atomic E-state index is 12.6. The molecule has 1 aromatic heterocycles. The van der Waals surface area contributed by atoms with Crippen molar-refractivity contribution in [3.05, 3.63) is 52.9 Å². The fourth-order valence-corrected chi connectivity index (χ4v) is 4.80. The number of amides is 1. The quantitative estimate of drug-likeness (QED) is 0.680. The number of ether oxygens (including phenoxy) is 2. The summed E-state index contributed by atoms with van der Waals surface area (Å²) in [6.45, 7) is 1.14. The van der Waals surface area contributed by atoms with Gasteiger partial charge in [-0.3, -0.25) is 9.36 Å². The van der Waals surface area contributed by atoms with Crippen LogP contribution in [0.4, 0.5) is 4.79 Å². The molecule has 1 saturated carbocycles. The van der Waals surface area contributed by atoms with Crippen LogP contribution in [0.2, 0.25) is 0 Å². The fourth-order valence-electron chi connectivity index (χ4n) is 4.17. The van der Waals surface area contributed by atoms with Gasteiger partial charge in [-0.25, -0.2) is 13.2 Å². The van der Waals surface area contributed by atoms with E-state index in [9.17, 15) is 18.0 Å². The molecule has 2 aliphatic rings. The Morgan fingerprint density at radius 1 is 0.969 bits per heavy atom. The van der Waals surface area contributed by atoms with Gasteiger partial charge in [0.15, 0.2) is 9.84 Å². The number of sulfone groups is 1. The predicted molar refractivity (Wildman–Crippen MR) is 119 cm³/mol. The summed E-state index contributed by atoms with van der Waals surface area (Å²) in [6.07, 6.45) is 8.02. The molecule has 1 aromatic carbocycles. The molecule has 0 bridgehead atoms. The molecule has 2 aromatic rings. The number of carbonyl (C=O) groups excluding carboxylic acids is 1. The third kappa shape index (κ3) is 5.32. The highest BCUT2D eigenvalue weighted by Gasteiger charge is 2.27. The number of benzene rings is 1. The molecule has 1 saturated heterocycles. The van der Waals surface area contributed by atoms with Crippen LogP contribution in [0, 0.1) is 0 Å². The number of aromatic nitrogens is 1. The van der Waals surface area contributed by atoms with Crippen LogP contribution in [-0.2, 0) is 14.6 Å². The van der Waals surface area contributed by atoms with Gasteiger partial charge in [-0.2, -0.15) is 0 Å². The van der Waals surface area contributed by atoms with Gasteiger partial charge in [-0.1, -0.05) is 0 Å². The van der Waals surface area contributed by atoms with Crippen molar-refractivity contribution in [3.8, 4) is 11.4 Å². The number of pyridine rings is 1. The highest BCUT2D eigenvalue weighted by atomic mass is 32.2. The van der Waals surface area contributed by atoms with E-state index in [-0.39, 0.29) is 28.8 Å². The zero-order valence-corrected chi connectivity index (χ0v) is 18.9. The Balaban J connectivity index is 1.33. The van der Waals surface area contributed by atoms with Crippen LogP contribution in [-0.4, -0.2) is 55.5 Å². The minimum absolute atomic E-state index is 0.0607. The topological polar surface area (TPSA) is 94.9 Å². The van der Waals surface area contributed by atoms with Crippen LogP contribution in [0.1, 0.15) is 38.5 Å². The van der Waals surface area contributed by atoms with E-state index in [0.29, 0.717) is 37.4 Å². The standard InChI is InChI=1S/C23H28N2O6S/c1-32(28,29)21-8-6-17(7-9-21)25-15-12-20(16-22(25)26)30-19-10-13-24(14-11-19)23(27)31-18-4-2-3-5-18/h6-9,12,15-16,18-19H,2-5,10-11,13-14H2,1H3. The maximum atomic E-state index is 12.6. The molecule has 172 valence electrons. The molecule has 1 amide bonds. The molecule has 32 heavy (non-hydrogen) atoms. The normalized spacial score (nSPS) is 18.0. The molecule has 0 atom stereocenters. The van der Waals surface area contributed by atoms with Gasteiger partial charge in [0.05, 0.1) is 4.90 Å². The molecule has 2 heterocycles. The summed E-state index contributed by atoms with van der Waals surface area (Å²) in [7, 11) is -3.29. The smallest absolute Gasteiger partial charge is 0.410 e. The molecular formula is C23H28N2O6S. The third-order valence-corrected chi connectivity index (χ3v) is 7.14. The second kappa shape index (κ2) is 9.36. The van der Waals surface area contributed by atoms with Crippen LogP contribution in [0.25, 0.3) is 5.69 Å². The summed E-state index contributed by atoms with van der Waals surface area (Å²) < 4.78 is 36.2. The second-order valence-corrected chi connectivity index (χ2v) is 10.4. The van der Waals surface area contributed by atoms with E-state index in [1.165, 1.54) is 22.8 Å². The average molecular weight is 461 g/mol. The summed E-state index contributed by atoms with van der Waals surface area (Å²) in [5.74, 6) is 0.478. The molecule has 1 aliphatic heterocycles. The molecule has 8 nitrogen and oxygen atoms in total. The Morgan fingerprint density at radius 3 is 2.22 bits per heavy atom. The molecule has 0 unspecified atom stereocenters. The van der Waals surface area contributed by atoms with E-state index in [1.54, 1.807) is 29.3 Å². The van der Waals surface area contributed by atoms with Crippen LogP contribution < -0.4 is 10.3 Å². The van der Waals surface area contributed by atoms with Crippen LogP contribution in [0.5, 0.6) is 5.75 Å². The number of nitrogens with zero attached hydrogens (tertiary/aromatic N) is 2. The van der Waals surface area contributed by atoms with Crippen molar-refractivity contribution in [2.45, 2.75) is 55.6 Å². The zero-order chi connectivity index (χ0) is 22.7. The predicted octanol–water partition coefficient (Wildman–Crippen LogP) is 3.16. The van der Waals surface area contributed by atoms with E-state index in [4.69, 9.17) is 9.47 Å². The lowest BCUT2D eigenvalue weighted by atomic mass is 10.1. The van der Waals surface area contributed by atoms with Gasteiger partial charge in [-0.05, 0) is 56.0 Å². The summed E-state index contributed by atoms with van der Waals surface area (Å²) in [6, 6.07) is 9.29. The van der Waals surface area contributed by atoms with Crippen molar-refractivity contribution >= 4 is 15.9 Å². The molecule has 1 aliphatic carbocycles. The van der Waals surface area contributed by atoms with Gasteiger partial charge in [0.1, 0.15) is 18.0 Å². The molecule has 0 radical (unpaired) electrons. The van der Waals surface area contributed by atoms with E-state index < -0.39 is 9.84 Å². The summed E-state index contributed by atoms with van der Waals surface area (Å²) in [4.78, 5) is 26.8. The largest absolute Gasteiger partial charge is 0.490 e. The zero-order valence-electron chi connectivity index (χ0n) is 18.1. The van der Waals surface area contributed by atoms with Gasteiger partial charge >= 0.3 is 6.09 Å². The van der Waals surface area contributed by atoms with Gasteiger partial charge in [0.2, 0.25) is 0 Å². The number of hydrogen-bond donors (Lipinski definition) is 0. The molecular weight excluding hydrogens is 432 g/mol. The SMILES string of the molecule is CS(=O)(=O)c1ccc(-n2ccc(OC3CCN(C(=O)OC4CCCC4)CC3)cc2=O)cc1. The highest BCUT2D eigenvalue weighted by Crippen LogP contribution is 2.23. The maximum Gasteiger partial charge on any atom is 0.410 e. The first-order chi connectivity index (χ1) is 15.3. The van der Waals surface area contributed by atoms with Crippen molar-refractivity contribution in [3.63, 3.8) is 0 Å². The fraction of sp³-hybridized carbons (Fsp3) is 0.478. The van der Waals surface area contributed by atoms with Crippen molar-refractivity contribution in [2.75, 3.05) is 19.3 Å². The van der Waals surface area contributed by atoms with Crippen LogP contribution in [0.15, 0.2) is 52.3 Å². The summed E-state index contributed by atoms with van der Waals surface area (Å²) >= 11 is 0. The minimum atomic E-state index is -3.29. The number of rotatable bonds is 5. The number of piperidine rings is 1. The van der Waals surface area contributed by atoms with Gasteiger partial charge < -0.3 is 14.4 Å². The van der Waals surface area contributed by atoms with Crippen molar-refractivity contribution in [2.24, 2.45) is 0 Å². The third-order valence-electron chi connectivity index (χ3n) is 6.01. The molecule has 0 spiro atoms. The van der Waals surface area contributed by atoms with Crippen LogP contribution in [0.3, 0.4) is 0 Å². The van der Waals surface area contributed by atoms with E-state index in [1.807, 2.05) is 0 Å². The second-order valence-electron chi connectivity index (χ2n) is 8.43. The first kappa shape index (κ1) is 22.4. The molecule has 9 heteroatoms. The van der Waals surface area contributed by atoms with E-state index in [0.717, 1.165) is 31.9 Å². The lowest BCUT2D eigenvalue weighted by molar-refractivity contribution is 0.0439. The van der Waals surface area contributed by atoms with Crippen molar-refractivity contribution < 1.29 is 22.7 Å². The Hall–Kier alpha value is -2.81. The Kier molecular flexibility index (Phi) is 6.55. The van der Waals surface area contributed by atoms with Crippen molar-refractivity contribution in [1.82, 2.24) is 9.47 Å². The Labute approximate surface area is 187 Å². The molecule has 2 fully saturated rings. The first-order valence-electron chi connectivity index (χ1n) is 10.9. The van der Waals surface area contributed by atoms with Gasteiger partial charge in [-0.15, -0.1) is 0 Å². The van der Waals surface area contributed by atoms with Gasteiger partial charge in [0.25, 0.3) is 5.56 Å².